The van der Waals surface area contributed by atoms with Crippen LogP contribution in [0.15, 0.2) is 47.5 Å². The van der Waals surface area contributed by atoms with Crippen molar-refractivity contribution in [2.75, 3.05) is 26.2 Å². The SMILES string of the molecule is O=C(O)c1cnc2[nH]c(CC(c3ccc(S(=O)(=O)N4CCCC4)cc3)C3CCNCC3)cc2c1. The number of piperidine rings is 1. The number of pyridine rings is 1. The van der Waals surface area contributed by atoms with Gasteiger partial charge in [0, 0.05) is 30.4 Å². The van der Waals surface area contributed by atoms with E-state index >= 15 is 0 Å². The molecule has 0 aliphatic carbocycles. The van der Waals surface area contributed by atoms with E-state index in [1.54, 1.807) is 22.5 Å². The predicted molar refractivity (Wildman–Crippen MR) is 130 cm³/mol. The maximum absolute atomic E-state index is 12.9. The molecule has 34 heavy (non-hydrogen) atoms. The van der Waals surface area contributed by atoms with Gasteiger partial charge in [0.1, 0.15) is 5.65 Å². The van der Waals surface area contributed by atoms with Crippen LogP contribution in [0.2, 0.25) is 0 Å². The molecule has 5 rings (SSSR count). The number of H-pyrrole nitrogens is 1. The normalized spacial score (nSPS) is 18.9. The Kier molecular flexibility index (Phi) is 6.42. The van der Waals surface area contributed by atoms with Crippen LogP contribution >= 0.6 is 0 Å². The maximum Gasteiger partial charge on any atom is 0.337 e. The molecule has 0 amide bonds. The average Bonchev–Trinajstić information content (AvgIpc) is 3.53. The zero-order valence-electron chi connectivity index (χ0n) is 19.0. The molecule has 2 aliphatic heterocycles. The Bertz CT molecular complexity index is 1270. The number of rotatable bonds is 7. The van der Waals surface area contributed by atoms with E-state index in [1.807, 2.05) is 18.2 Å². The van der Waals surface area contributed by atoms with Crippen LogP contribution in [0.3, 0.4) is 0 Å². The van der Waals surface area contributed by atoms with Crippen molar-refractivity contribution in [3.8, 4) is 0 Å². The first-order valence-corrected chi connectivity index (χ1v) is 13.4. The van der Waals surface area contributed by atoms with Gasteiger partial charge >= 0.3 is 5.97 Å². The minimum absolute atomic E-state index is 0.169. The first kappa shape index (κ1) is 23.0. The second-order valence-corrected chi connectivity index (χ2v) is 11.3. The summed E-state index contributed by atoms with van der Waals surface area (Å²) in [4.78, 5) is 19.3. The molecule has 8 nitrogen and oxygen atoms in total. The summed E-state index contributed by atoms with van der Waals surface area (Å²) in [6.45, 7) is 3.14. The van der Waals surface area contributed by atoms with Crippen LogP contribution in [0.25, 0.3) is 11.0 Å². The van der Waals surface area contributed by atoms with E-state index in [2.05, 4.69) is 15.3 Å². The van der Waals surface area contributed by atoms with Crippen LogP contribution in [0.4, 0.5) is 0 Å². The fourth-order valence-corrected chi connectivity index (χ4v) is 6.82. The summed E-state index contributed by atoms with van der Waals surface area (Å²) < 4.78 is 27.5. The Morgan fingerprint density at radius 1 is 1.12 bits per heavy atom. The second-order valence-electron chi connectivity index (χ2n) is 9.34. The summed E-state index contributed by atoms with van der Waals surface area (Å²) in [6.07, 6.45) is 6.07. The molecule has 3 aromatic rings. The molecule has 0 spiro atoms. The number of benzene rings is 1. The van der Waals surface area contributed by atoms with Gasteiger partial charge in [-0.25, -0.2) is 18.2 Å². The Labute approximate surface area is 199 Å². The lowest BCUT2D eigenvalue weighted by Gasteiger charge is -2.31. The van der Waals surface area contributed by atoms with Crippen LogP contribution in [-0.2, 0) is 16.4 Å². The van der Waals surface area contributed by atoms with Gasteiger partial charge in [0.2, 0.25) is 10.0 Å². The molecule has 180 valence electrons. The summed E-state index contributed by atoms with van der Waals surface area (Å²) >= 11 is 0. The number of nitrogens with one attached hydrogen (secondary N) is 2. The van der Waals surface area contributed by atoms with E-state index in [0.717, 1.165) is 61.8 Å². The van der Waals surface area contributed by atoms with Gasteiger partial charge in [-0.1, -0.05) is 12.1 Å². The molecular formula is C25H30N4O4S. The summed E-state index contributed by atoms with van der Waals surface area (Å²) in [5, 5.41) is 13.5. The van der Waals surface area contributed by atoms with Gasteiger partial charge in [-0.05, 0) is 86.9 Å². The van der Waals surface area contributed by atoms with Gasteiger partial charge in [0.15, 0.2) is 0 Å². The number of carboxylic acid groups (broad SMARTS) is 1. The summed E-state index contributed by atoms with van der Waals surface area (Å²) in [5.41, 5.74) is 2.98. The van der Waals surface area contributed by atoms with Gasteiger partial charge in [-0.3, -0.25) is 0 Å². The monoisotopic (exact) mass is 482 g/mol. The third-order valence-electron chi connectivity index (χ3n) is 7.18. The van der Waals surface area contributed by atoms with Crippen molar-refractivity contribution >= 4 is 27.0 Å². The summed E-state index contributed by atoms with van der Waals surface area (Å²) in [5.74, 6) is -0.303. The van der Waals surface area contributed by atoms with Gasteiger partial charge in [-0.15, -0.1) is 0 Å². The first-order valence-electron chi connectivity index (χ1n) is 11.9. The summed E-state index contributed by atoms with van der Waals surface area (Å²) in [7, 11) is -3.43. The number of aromatic carboxylic acids is 1. The topological polar surface area (TPSA) is 115 Å². The first-order chi connectivity index (χ1) is 16.4. The average molecular weight is 483 g/mol. The molecule has 0 bridgehead atoms. The van der Waals surface area contributed by atoms with Crippen molar-refractivity contribution in [2.45, 2.75) is 42.9 Å². The van der Waals surface area contributed by atoms with Crippen molar-refractivity contribution < 1.29 is 18.3 Å². The minimum Gasteiger partial charge on any atom is -0.478 e. The Morgan fingerprint density at radius 2 is 1.82 bits per heavy atom. The Morgan fingerprint density at radius 3 is 2.50 bits per heavy atom. The number of carboxylic acids is 1. The number of aromatic nitrogens is 2. The highest BCUT2D eigenvalue weighted by Crippen LogP contribution is 2.35. The lowest BCUT2D eigenvalue weighted by molar-refractivity contribution is 0.0696. The minimum atomic E-state index is -3.43. The maximum atomic E-state index is 12.9. The molecule has 0 saturated carbocycles. The lowest BCUT2D eigenvalue weighted by Crippen LogP contribution is -2.31. The largest absolute Gasteiger partial charge is 0.478 e. The number of hydrogen-bond acceptors (Lipinski definition) is 5. The van der Waals surface area contributed by atoms with Gasteiger partial charge in [0.25, 0.3) is 0 Å². The van der Waals surface area contributed by atoms with Gasteiger partial charge in [-0.2, -0.15) is 4.31 Å². The highest BCUT2D eigenvalue weighted by Gasteiger charge is 2.29. The van der Waals surface area contributed by atoms with E-state index in [9.17, 15) is 18.3 Å². The molecule has 3 N–H and O–H groups in total. The number of sulfonamides is 1. The third-order valence-corrected chi connectivity index (χ3v) is 9.09. The fraction of sp³-hybridized carbons (Fsp3) is 0.440. The van der Waals surface area contributed by atoms with Crippen LogP contribution in [0.1, 0.15) is 53.2 Å². The zero-order chi connectivity index (χ0) is 23.7. The number of fused-ring (bicyclic) bond motifs is 1. The lowest BCUT2D eigenvalue weighted by atomic mass is 9.78. The molecule has 2 aromatic heterocycles. The van der Waals surface area contributed by atoms with Crippen LogP contribution in [0.5, 0.6) is 0 Å². The molecule has 2 saturated heterocycles. The third kappa shape index (κ3) is 4.60. The molecule has 1 atom stereocenters. The van der Waals surface area contributed by atoms with Crippen molar-refractivity contribution in [3.63, 3.8) is 0 Å². The number of carbonyl (C=O) groups is 1. The van der Waals surface area contributed by atoms with Crippen molar-refractivity contribution in [1.82, 2.24) is 19.6 Å². The van der Waals surface area contributed by atoms with E-state index in [0.29, 0.717) is 29.6 Å². The quantitative estimate of drug-likeness (QED) is 0.476. The Balaban J connectivity index is 1.43. The number of hydrogen-bond donors (Lipinski definition) is 3. The van der Waals surface area contributed by atoms with Gasteiger partial charge in [0.05, 0.1) is 10.5 Å². The second kappa shape index (κ2) is 9.48. The highest BCUT2D eigenvalue weighted by molar-refractivity contribution is 7.89. The fourth-order valence-electron chi connectivity index (χ4n) is 5.30. The highest BCUT2D eigenvalue weighted by atomic mass is 32.2. The standard InChI is InChI=1S/C25H30N4O4S/c30-25(31)20-13-19-14-21(28-24(19)27-16-20)15-23(18-7-9-26-10-8-18)17-3-5-22(6-4-17)34(32,33)29-11-1-2-12-29/h3-6,13-14,16,18,23,26H,1-2,7-12,15H2,(H,27,28)(H,30,31). The molecule has 2 aliphatic rings. The smallest absolute Gasteiger partial charge is 0.337 e. The number of aromatic amines is 1. The molecular weight excluding hydrogens is 452 g/mol. The van der Waals surface area contributed by atoms with E-state index in [-0.39, 0.29) is 11.5 Å². The van der Waals surface area contributed by atoms with Crippen LogP contribution in [0, 0.1) is 5.92 Å². The molecule has 4 heterocycles. The van der Waals surface area contributed by atoms with Crippen molar-refractivity contribution in [3.05, 3.63) is 59.4 Å². The van der Waals surface area contributed by atoms with Gasteiger partial charge < -0.3 is 15.4 Å². The molecule has 1 aromatic carbocycles. The van der Waals surface area contributed by atoms with Crippen LogP contribution in [-0.4, -0.2) is 59.9 Å². The molecule has 9 heteroatoms. The van der Waals surface area contributed by atoms with Crippen molar-refractivity contribution in [2.24, 2.45) is 5.92 Å². The molecule has 0 radical (unpaired) electrons. The van der Waals surface area contributed by atoms with Crippen molar-refractivity contribution in [1.29, 1.82) is 0 Å². The predicted octanol–water partition coefficient (Wildman–Crippen LogP) is 3.37. The van der Waals surface area contributed by atoms with E-state index in [4.69, 9.17) is 0 Å². The van der Waals surface area contributed by atoms with E-state index < -0.39 is 16.0 Å². The van der Waals surface area contributed by atoms with Crippen LogP contribution < -0.4 is 5.32 Å². The zero-order valence-corrected chi connectivity index (χ0v) is 19.9. The van der Waals surface area contributed by atoms with E-state index in [1.165, 1.54) is 6.20 Å². The summed E-state index contributed by atoms with van der Waals surface area (Å²) in [6, 6.07) is 11.1. The Hall–Kier alpha value is -2.75. The molecule has 1 unspecified atom stereocenters. The molecule has 2 fully saturated rings. The number of nitrogens with zero attached hydrogens (tertiary/aromatic N) is 2.